The predicted molar refractivity (Wildman–Crippen MR) is 74.4 cm³/mol. The number of thiazole rings is 1. The molecular formula is C13H17N3S. The molecule has 0 atom stereocenters. The first kappa shape index (κ1) is 11.9. The molecule has 0 saturated carbocycles. The Balaban J connectivity index is 2.26. The predicted octanol–water partition coefficient (Wildman–Crippen LogP) is 3.38. The Morgan fingerprint density at radius 2 is 2.06 bits per heavy atom. The molecule has 90 valence electrons. The Morgan fingerprint density at radius 3 is 2.65 bits per heavy atom. The van der Waals surface area contributed by atoms with Gasteiger partial charge in [-0.15, -0.1) is 11.3 Å². The van der Waals surface area contributed by atoms with Gasteiger partial charge in [-0.05, 0) is 44.5 Å². The van der Waals surface area contributed by atoms with Crippen molar-refractivity contribution in [3.8, 4) is 0 Å². The molecule has 0 aliphatic heterocycles. The van der Waals surface area contributed by atoms with Crippen LogP contribution >= 0.6 is 11.3 Å². The minimum Gasteiger partial charge on any atom is -0.399 e. The molecule has 0 fully saturated rings. The Kier molecular flexibility index (Phi) is 3.07. The summed E-state index contributed by atoms with van der Waals surface area (Å²) in [4.78, 5) is 4.35. The number of rotatable bonds is 3. The van der Waals surface area contributed by atoms with Gasteiger partial charge in [0.1, 0.15) is 5.01 Å². The zero-order valence-corrected chi connectivity index (χ0v) is 11.1. The van der Waals surface area contributed by atoms with E-state index in [4.69, 9.17) is 5.73 Å². The molecule has 0 radical (unpaired) electrons. The molecule has 3 nitrogen and oxygen atoms in total. The van der Waals surface area contributed by atoms with Gasteiger partial charge in [0, 0.05) is 23.0 Å². The van der Waals surface area contributed by atoms with Gasteiger partial charge in [0.15, 0.2) is 0 Å². The third kappa shape index (κ3) is 2.77. The summed E-state index contributed by atoms with van der Waals surface area (Å²) in [5.41, 5.74) is 8.62. The SMILES string of the molecule is Cc1cc(N)cc(NC(C)(C)c2nccs2)c1. The second-order valence-corrected chi connectivity index (χ2v) is 5.61. The van der Waals surface area contributed by atoms with Crippen LogP contribution in [-0.4, -0.2) is 4.98 Å². The van der Waals surface area contributed by atoms with Gasteiger partial charge >= 0.3 is 0 Å². The fraction of sp³-hybridized carbons (Fsp3) is 0.308. The van der Waals surface area contributed by atoms with Crippen LogP contribution in [0.5, 0.6) is 0 Å². The van der Waals surface area contributed by atoms with Crippen LogP contribution in [0.1, 0.15) is 24.4 Å². The molecule has 1 aromatic carbocycles. The van der Waals surface area contributed by atoms with E-state index in [0.29, 0.717) is 0 Å². The van der Waals surface area contributed by atoms with Crippen LogP contribution in [0.3, 0.4) is 0 Å². The molecular weight excluding hydrogens is 230 g/mol. The van der Waals surface area contributed by atoms with E-state index in [9.17, 15) is 0 Å². The number of nitrogens with one attached hydrogen (secondary N) is 1. The molecule has 0 spiro atoms. The lowest BCUT2D eigenvalue weighted by atomic mass is 10.1. The lowest BCUT2D eigenvalue weighted by Gasteiger charge is -2.25. The summed E-state index contributed by atoms with van der Waals surface area (Å²) in [5.74, 6) is 0. The molecule has 1 aromatic heterocycles. The van der Waals surface area contributed by atoms with Gasteiger partial charge in [-0.1, -0.05) is 0 Å². The van der Waals surface area contributed by atoms with E-state index in [2.05, 4.69) is 30.2 Å². The molecule has 0 aliphatic rings. The zero-order chi connectivity index (χ0) is 12.5. The van der Waals surface area contributed by atoms with Crippen molar-refractivity contribution < 1.29 is 0 Å². The first-order valence-electron chi connectivity index (χ1n) is 5.53. The monoisotopic (exact) mass is 247 g/mol. The van der Waals surface area contributed by atoms with Gasteiger partial charge in [-0.25, -0.2) is 4.98 Å². The molecule has 2 rings (SSSR count). The molecule has 0 saturated heterocycles. The summed E-state index contributed by atoms with van der Waals surface area (Å²) >= 11 is 1.65. The molecule has 3 N–H and O–H groups in total. The van der Waals surface area contributed by atoms with Crippen molar-refractivity contribution in [3.05, 3.63) is 40.3 Å². The fourth-order valence-corrected chi connectivity index (χ4v) is 2.55. The lowest BCUT2D eigenvalue weighted by molar-refractivity contribution is 0.604. The van der Waals surface area contributed by atoms with Crippen LogP contribution in [0.4, 0.5) is 11.4 Å². The largest absolute Gasteiger partial charge is 0.399 e. The average Bonchev–Trinajstić information content (AvgIpc) is 2.67. The molecule has 4 heteroatoms. The van der Waals surface area contributed by atoms with E-state index in [1.807, 2.05) is 30.6 Å². The van der Waals surface area contributed by atoms with Crippen LogP contribution in [0, 0.1) is 6.92 Å². The van der Waals surface area contributed by atoms with Crippen molar-refractivity contribution in [1.29, 1.82) is 0 Å². The van der Waals surface area contributed by atoms with Gasteiger partial charge in [0.25, 0.3) is 0 Å². The van der Waals surface area contributed by atoms with Crippen LogP contribution in [0.2, 0.25) is 0 Å². The van der Waals surface area contributed by atoms with Crippen molar-refractivity contribution in [2.75, 3.05) is 11.1 Å². The summed E-state index contributed by atoms with van der Waals surface area (Å²) in [6, 6.07) is 6.00. The van der Waals surface area contributed by atoms with Crippen LogP contribution < -0.4 is 11.1 Å². The second-order valence-electron chi connectivity index (χ2n) is 4.72. The second kappa shape index (κ2) is 4.37. The first-order chi connectivity index (χ1) is 7.97. The van der Waals surface area contributed by atoms with E-state index < -0.39 is 0 Å². The van der Waals surface area contributed by atoms with Crippen molar-refractivity contribution in [3.63, 3.8) is 0 Å². The Morgan fingerprint density at radius 1 is 1.29 bits per heavy atom. The van der Waals surface area contributed by atoms with Crippen LogP contribution in [-0.2, 0) is 5.54 Å². The van der Waals surface area contributed by atoms with Gasteiger partial charge in [-0.2, -0.15) is 0 Å². The number of hydrogen-bond donors (Lipinski definition) is 2. The normalized spacial score (nSPS) is 11.5. The lowest BCUT2D eigenvalue weighted by Crippen LogP contribution is -2.27. The van der Waals surface area contributed by atoms with E-state index in [1.54, 1.807) is 11.3 Å². The summed E-state index contributed by atoms with van der Waals surface area (Å²) in [5, 5.41) is 6.53. The molecule has 1 heterocycles. The number of hydrogen-bond acceptors (Lipinski definition) is 4. The van der Waals surface area contributed by atoms with Gasteiger partial charge in [0.2, 0.25) is 0 Å². The highest BCUT2D eigenvalue weighted by Crippen LogP contribution is 2.28. The van der Waals surface area contributed by atoms with E-state index in [-0.39, 0.29) is 5.54 Å². The fourth-order valence-electron chi connectivity index (χ4n) is 1.83. The number of nitrogens with zero attached hydrogens (tertiary/aromatic N) is 1. The zero-order valence-electron chi connectivity index (χ0n) is 10.3. The van der Waals surface area contributed by atoms with E-state index in [1.165, 1.54) is 0 Å². The third-order valence-corrected chi connectivity index (χ3v) is 3.62. The van der Waals surface area contributed by atoms with Gasteiger partial charge in [0.05, 0.1) is 5.54 Å². The van der Waals surface area contributed by atoms with E-state index >= 15 is 0 Å². The summed E-state index contributed by atoms with van der Waals surface area (Å²) in [6.07, 6.45) is 1.83. The molecule has 0 amide bonds. The Bertz CT molecular complexity index is 483. The first-order valence-corrected chi connectivity index (χ1v) is 6.41. The number of nitrogen functional groups attached to an aromatic ring is 1. The minimum absolute atomic E-state index is 0.186. The summed E-state index contributed by atoms with van der Waals surface area (Å²) in [7, 11) is 0. The Labute approximate surface area is 106 Å². The van der Waals surface area contributed by atoms with Crippen molar-refractivity contribution in [2.45, 2.75) is 26.3 Å². The highest BCUT2D eigenvalue weighted by molar-refractivity contribution is 7.09. The van der Waals surface area contributed by atoms with Crippen molar-refractivity contribution in [1.82, 2.24) is 4.98 Å². The smallest absolute Gasteiger partial charge is 0.117 e. The molecule has 0 bridgehead atoms. The summed E-state index contributed by atoms with van der Waals surface area (Å²) in [6.45, 7) is 6.27. The average molecular weight is 247 g/mol. The maximum absolute atomic E-state index is 5.84. The number of anilines is 2. The van der Waals surface area contributed by atoms with Gasteiger partial charge < -0.3 is 11.1 Å². The number of aromatic nitrogens is 1. The quantitative estimate of drug-likeness (QED) is 0.817. The maximum Gasteiger partial charge on any atom is 0.117 e. The van der Waals surface area contributed by atoms with Crippen LogP contribution in [0.25, 0.3) is 0 Å². The van der Waals surface area contributed by atoms with Crippen molar-refractivity contribution in [2.24, 2.45) is 0 Å². The highest BCUT2D eigenvalue weighted by Gasteiger charge is 2.22. The molecule has 0 unspecified atom stereocenters. The van der Waals surface area contributed by atoms with Crippen molar-refractivity contribution >= 4 is 22.7 Å². The molecule has 2 aromatic rings. The standard InChI is InChI=1S/C13H17N3S/c1-9-6-10(14)8-11(7-9)16-13(2,3)12-15-4-5-17-12/h4-8,16H,14H2,1-3H3. The number of benzene rings is 1. The number of nitrogens with two attached hydrogens (primary N) is 1. The topological polar surface area (TPSA) is 50.9 Å². The Hall–Kier alpha value is -1.55. The van der Waals surface area contributed by atoms with Crippen LogP contribution in [0.15, 0.2) is 29.8 Å². The van der Waals surface area contributed by atoms with Gasteiger partial charge in [-0.3, -0.25) is 0 Å². The maximum atomic E-state index is 5.84. The highest BCUT2D eigenvalue weighted by atomic mass is 32.1. The third-order valence-electron chi connectivity index (χ3n) is 2.52. The minimum atomic E-state index is -0.186. The summed E-state index contributed by atoms with van der Waals surface area (Å²) < 4.78 is 0. The molecule has 17 heavy (non-hydrogen) atoms. The molecule has 0 aliphatic carbocycles. The number of aryl methyl sites for hydroxylation is 1. The van der Waals surface area contributed by atoms with E-state index in [0.717, 1.165) is 21.9 Å².